The first-order valence-electron chi connectivity index (χ1n) is 9.42. The number of carbonyl (C=O) groups excluding carboxylic acids is 2. The van der Waals surface area contributed by atoms with Crippen molar-refractivity contribution in [1.29, 1.82) is 0 Å². The van der Waals surface area contributed by atoms with E-state index in [2.05, 4.69) is 9.97 Å². The standard InChI is InChI=1S/C21H23N3O3/c1-3-27-21(26)16-5-4-10-24(12-16)20(25)17-11-15-9-8-14-7-6-13(2)22-18(14)19(15)23-17/h6-9,11,16,22H,3-5,10,12H2,1-2H3. The molecule has 1 fully saturated rings. The first-order chi connectivity index (χ1) is 13.1. The van der Waals surface area contributed by atoms with E-state index >= 15 is 0 Å². The average molecular weight is 365 g/mol. The summed E-state index contributed by atoms with van der Waals surface area (Å²) in [5.74, 6) is -0.587. The van der Waals surface area contributed by atoms with Gasteiger partial charge in [0, 0.05) is 29.6 Å². The highest BCUT2D eigenvalue weighted by Crippen LogP contribution is 2.26. The Kier molecular flexibility index (Phi) is 4.56. The van der Waals surface area contributed by atoms with Gasteiger partial charge in [-0.05, 0) is 38.8 Å². The highest BCUT2D eigenvalue weighted by atomic mass is 16.5. The number of carbonyl (C=O) groups is 2. The van der Waals surface area contributed by atoms with Crippen LogP contribution in [-0.2, 0) is 9.53 Å². The van der Waals surface area contributed by atoms with Gasteiger partial charge in [0.15, 0.2) is 0 Å². The molecule has 0 spiro atoms. The Morgan fingerprint density at radius 3 is 2.85 bits per heavy atom. The molecule has 0 bridgehead atoms. The number of hydrogen-bond donors (Lipinski definition) is 1. The topological polar surface area (TPSA) is 75.3 Å². The lowest BCUT2D eigenvalue weighted by Gasteiger charge is -2.31. The van der Waals surface area contributed by atoms with E-state index in [0.29, 0.717) is 25.4 Å². The van der Waals surface area contributed by atoms with Gasteiger partial charge in [-0.2, -0.15) is 0 Å². The zero-order chi connectivity index (χ0) is 19.0. The number of nitrogens with one attached hydrogen (secondary N) is 1. The predicted molar refractivity (Wildman–Crippen MR) is 104 cm³/mol. The molecule has 4 rings (SSSR count). The molecule has 0 aliphatic carbocycles. The van der Waals surface area contributed by atoms with E-state index in [9.17, 15) is 9.59 Å². The summed E-state index contributed by atoms with van der Waals surface area (Å²) in [6.45, 7) is 5.20. The second kappa shape index (κ2) is 7.02. The van der Waals surface area contributed by atoms with Crippen molar-refractivity contribution >= 4 is 33.7 Å². The third-order valence-electron chi connectivity index (χ3n) is 5.15. The maximum atomic E-state index is 13.0. The summed E-state index contributed by atoms with van der Waals surface area (Å²) < 4.78 is 5.13. The van der Waals surface area contributed by atoms with Crippen LogP contribution in [0.2, 0.25) is 0 Å². The number of nitrogens with zero attached hydrogens (tertiary/aromatic N) is 2. The van der Waals surface area contributed by atoms with Crippen LogP contribution in [0.4, 0.5) is 0 Å². The Labute approximate surface area is 157 Å². The van der Waals surface area contributed by atoms with E-state index < -0.39 is 0 Å². The second-order valence-electron chi connectivity index (χ2n) is 7.09. The average Bonchev–Trinajstić information content (AvgIpc) is 3.12. The van der Waals surface area contributed by atoms with Crippen molar-refractivity contribution in [2.24, 2.45) is 5.92 Å². The number of ether oxygens (including phenoxy) is 1. The molecule has 0 radical (unpaired) electrons. The van der Waals surface area contributed by atoms with Crippen LogP contribution in [-0.4, -0.2) is 46.4 Å². The minimum absolute atomic E-state index is 0.124. The van der Waals surface area contributed by atoms with Gasteiger partial charge >= 0.3 is 5.97 Å². The number of benzene rings is 1. The quantitative estimate of drug-likeness (QED) is 0.722. The lowest BCUT2D eigenvalue weighted by atomic mass is 9.98. The minimum Gasteiger partial charge on any atom is -0.466 e. The maximum Gasteiger partial charge on any atom is 0.310 e. The number of rotatable bonds is 3. The molecule has 1 atom stereocenters. The summed E-state index contributed by atoms with van der Waals surface area (Å²) in [6, 6.07) is 9.92. The highest BCUT2D eigenvalue weighted by molar-refractivity contribution is 6.07. The predicted octanol–water partition coefficient (Wildman–Crippen LogP) is 3.44. The van der Waals surface area contributed by atoms with Crippen molar-refractivity contribution in [1.82, 2.24) is 14.9 Å². The monoisotopic (exact) mass is 365 g/mol. The van der Waals surface area contributed by atoms with Crippen LogP contribution < -0.4 is 0 Å². The lowest BCUT2D eigenvalue weighted by molar-refractivity contribution is -0.149. The minimum atomic E-state index is -0.246. The molecule has 1 amide bonds. The fourth-order valence-corrected chi connectivity index (χ4v) is 3.77. The van der Waals surface area contributed by atoms with Gasteiger partial charge in [0.1, 0.15) is 5.69 Å². The number of amides is 1. The number of esters is 1. The number of aromatic amines is 1. The van der Waals surface area contributed by atoms with Gasteiger partial charge in [0.05, 0.1) is 23.6 Å². The SMILES string of the molecule is CCOC(=O)C1CCCN(C(=O)c2cc3ccc4ccc(C)[nH]c4c3n2)C1. The molecule has 1 aliphatic rings. The normalized spacial score (nSPS) is 17.4. The summed E-state index contributed by atoms with van der Waals surface area (Å²) in [5.41, 5.74) is 3.21. The largest absolute Gasteiger partial charge is 0.466 e. The molecular weight excluding hydrogens is 342 g/mol. The molecule has 3 heterocycles. The van der Waals surface area contributed by atoms with Crippen LogP contribution >= 0.6 is 0 Å². The molecule has 2 aromatic heterocycles. The first-order valence-corrected chi connectivity index (χ1v) is 9.42. The van der Waals surface area contributed by atoms with Gasteiger partial charge in [0.2, 0.25) is 0 Å². The summed E-state index contributed by atoms with van der Waals surface area (Å²) in [6.07, 6.45) is 1.56. The second-order valence-corrected chi connectivity index (χ2v) is 7.09. The first kappa shape index (κ1) is 17.5. The van der Waals surface area contributed by atoms with Crippen LogP contribution in [0.5, 0.6) is 0 Å². The smallest absolute Gasteiger partial charge is 0.310 e. The Morgan fingerprint density at radius 2 is 2.04 bits per heavy atom. The third kappa shape index (κ3) is 3.27. The molecule has 3 aromatic rings. The van der Waals surface area contributed by atoms with Gasteiger partial charge in [0.25, 0.3) is 5.91 Å². The number of hydrogen-bond acceptors (Lipinski definition) is 4. The van der Waals surface area contributed by atoms with Gasteiger partial charge < -0.3 is 14.6 Å². The molecule has 1 unspecified atom stereocenters. The number of piperidine rings is 1. The number of aromatic nitrogens is 2. The zero-order valence-corrected chi connectivity index (χ0v) is 15.6. The van der Waals surface area contributed by atoms with E-state index in [4.69, 9.17) is 4.74 Å². The van der Waals surface area contributed by atoms with Crippen molar-refractivity contribution < 1.29 is 14.3 Å². The van der Waals surface area contributed by atoms with E-state index in [1.807, 2.05) is 37.3 Å². The number of aryl methyl sites for hydroxylation is 1. The number of fused-ring (bicyclic) bond motifs is 3. The van der Waals surface area contributed by atoms with Gasteiger partial charge in [-0.3, -0.25) is 9.59 Å². The Balaban J connectivity index is 1.63. The fourth-order valence-electron chi connectivity index (χ4n) is 3.77. The summed E-state index contributed by atoms with van der Waals surface area (Å²) in [7, 11) is 0. The lowest BCUT2D eigenvalue weighted by Crippen LogP contribution is -2.42. The van der Waals surface area contributed by atoms with E-state index in [1.165, 1.54) is 0 Å². The third-order valence-corrected chi connectivity index (χ3v) is 5.15. The van der Waals surface area contributed by atoms with Crippen LogP contribution in [0.15, 0.2) is 30.3 Å². The molecule has 1 N–H and O–H groups in total. The molecule has 1 aliphatic heterocycles. The van der Waals surface area contributed by atoms with Crippen molar-refractivity contribution in [3.8, 4) is 0 Å². The molecule has 6 nitrogen and oxygen atoms in total. The van der Waals surface area contributed by atoms with Gasteiger partial charge in [-0.25, -0.2) is 4.98 Å². The van der Waals surface area contributed by atoms with Crippen LogP contribution in [0.25, 0.3) is 21.8 Å². The molecule has 1 saturated heterocycles. The molecule has 0 saturated carbocycles. The zero-order valence-electron chi connectivity index (χ0n) is 15.6. The number of likely N-dealkylation sites (tertiary alicyclic amines) is 1. The van der Waals surface area contributed by atoms with Crippen molar-refractivity contribution in [3.05, 3.63) is 41.7 Å². The van der Waals surface area contributed by atoms with Crippen LogP contribution in [0, 0.1) is 12.8 Å². The Morgan fingerprint density at radius 1 is 1.26 bits per heavy atom. The van der Waals surface area contributed by atoms with E-state index in [0.717, 1.165) is 40.3 Å². The summed E-state index contributed by atoms with van der Waals surface area (Å²) >= 11 is 0. The van der Waals surface area contributed by atoms with Crippen molar-refractivity contribution in [2.75, 3.05) is 19.7 Å². The highest BCUT2D eigenvalue weighted by Gasteiger charge is 2.30. The molecule has 27 heavy (non-hydrogen) atoms. The van der Waals surface area contributed by atoms with Crippen LogP contribution in [0.1, 0.15) is 35.9 Å². The fraction of sp³-hybridized carbons (Fsp3) is 0.381. The summed E-state index contributed by atoms with van der Waals surface area (Å²) in [4.78, 5) is 34.7. The van der Waals surface area contributed by atoms with Crippen molar-refractivity contribution in [2.45, 2.75) is 26.7 Å². The molecular formula is C21H23N3O3. The molecule has 140 valence electrons. The van der Waals surface area contributed by atoms with Gasteiger partial charge in [-0.15, -0.1) is 0 Å². The van der Waals surface area contributed by atoms with Crippen LogP contribution in [0.3, 0.4) is 0 Å². The van der Waals surface area contributed by atoms with E-state index in [-0.39, 0.29) is 17.8 Å². The van der Waals surface area contributed by atoms with Gasteiger partial charge in [-0.1, -0.05) is 18.2 Å². The Hall–Kier alpha value is -2.89. The Bertz CT molecular complexity index is 1020. The maximum absolute atomic E-state index is 13.0. The molecule has 1 aromatic carbocycles. The molecule has 6 heteroatoms. The van der Waals surface area contributed by atoms with E-state index in [1.54, 1.807) is 11.8 Å². The summed E-state index contributed by atoms with van der Waals surface area (Å²) in [5, 5.41) is 2.00. The van der Waals surface area contributed by atoms with Crippen molar-refractivity contribution in [3.63, 3.8) is 0 Å². The number of H-pyrrole nitrogens is 1. The number of pyridine rings is 1.